The van der Waals surface area contributed by atoms with Crippen LogP contribution in [0.4, 0.5) is 0 Å². The first-order chi connectivity index (χ1) is 9.31. The van der Waals surface area contributed by atoms with Crippen molar-refractivity contribution in [2.24, 2.45) is 5.73 Å². The number of nitrogens with one attached hydrogen (secondary N) is 1. The van der Waals surface area contributed by atoms with Crippen LogP contribution in [0, 0.1) is 5.41 Å². The second-order valence-corrected chi connectivity index (χ2v) is 6.21. The number of fused-ring (bicyclic) bond motifs is 1. The summed E-state index contributed by atoms with van der Waals surface area (Å²) in [5, 5.41) is 7.71. The van der Waals surface area contributed by atoms with E-state index in [1.807, 2.05) is 20.2 Å². The Morgan fingerprint density at radius 3 is 2.75 bits per heavy atom. The van der Waals surface area contributed by atoms with E-state index < -0.39 is 0 Å². The standard InChI is InChI=1S/C15H24N4O/c1-15(2,19(3)4)9-20-14-11(13(16)17)8-10-6-5-7-12(10)18-14/h8H,5-7,9H2,1-4H3,(H3,16,17). The number of hydrogen-bond donors (Lipinski definition) is 2. The molecular formula is C15H24N4O. The van der Waals surface area contributed by atoms with Crippen molar-refractivity contribution < 1.29 is 4.74 Å². The SMILES string of the molecule is CN(C)C(C)(C)COc1nc2c(cc1C(=N)N)CCC2. The topological polar surface area (TPSA) is 75.2 Å². The number of aryl methyl sites for hydroxylation is 2. The molecule has 1 aromatic rings. The number of nitrogens with zero attached hydrogens (tertiary/aromatic N) is 2. The molecule has 2 rings (SSSR count). The quantitative estimate of drug-likeness (QED) is 0.632. The lowest BCUT2D eigenvalue weighted by atomic mass is 10.1. The average Bonchev–Trinajstić information content (AvgIpc) is 2.81. The predicted octanol–water partition coefficient (Wildman–Crippen LogP) is 1.57. The highest BCUT2D eigenvalue weighted by atomic mass is 16.5. The molecule has 0 radical (unpaired) electrons. The van der Waals surface area contributed by atoms with Gasteiger partial charge in [0.2, 0.25) is 5.88 Å². The van der Waals surface area contributed by atoms with Crippen molar-refractivity contribution in [1.29, 1.82) is 5.41 Å². The third-order valence-electron chi connectivity index (χ3n) is 4.08. The normalized spacial score (nSPS) is 14.4. The Labute approximate surface area is 120 Å². The van der Waals surface area contributed by atoms with Crippen LogP contribution in [0.3, 0.4) is 0 Å². The van der Waals surface area contributed by atoms with Crippen molar-refractivity contribution >= 4 is 5.84 Å². The van der Waals surface area contributed by atoms with E-state index in [2.05, 4.69) is 23.7 Å². The van der Waals surface area contributed by atoms with Gasteiger partial charge in [0.1, 0.15) is 12.4 Å². The van der Waals surface area contributed by atoms with Gasteiger partial charge in [-0.15, -0.1) is 0 Å². The molecule has 0 saturated heterocycles. The number of amidine groups is 1. The average molecular weight is 276 g/mol. The van der Waals surface area contributed by atoms with Gasteiger partial charge >= 0.3 is 0 Å². The Hall–Kier alpha value is -1.62. The second-order valence-electron chi connectivity index (χ2n) is 6.21. The first-order valence-corrected chi connectivity index (χ1v) is 6.98. The number of pyridine rings is 1. The fourth-order valence-electron chi connectivity index (χ4n) is 2.13. The molecule has 3 N–H and O–H groups in total. The molecule has 1 aliphatic rings. The van der Waals surface area contributed by atoms with Crippen molar-refractivity contribution in [3.05, 3.63) is 22.9 Å². The van der Waals surface area contributed by atoms with Gasteiger partial charge in [-0.3, -0.25) is 5.41 Å². The fraction of sp³-hybridized carbons (Fsp3) is 0.600. The summed E-state index contributed by atoms with van der Waals surface area (Å²) in [6, 6.07) is 1.97. The minimum atomic E-state index is -0.102. The van der Waals surface area contributed by atoms with Gasteiger partial charge in [0, 0.05) is 11.2 Å². The monoisotopic (exact) mass is 276 g/mol. The van der Waals surface area contributed by atoms with Gasteiger partial charge < -0.3 is 15.4 Å². The Morgan fingerprint density at radius 2 is 2.15 bits per heavy atom. The Morgan fingerprint density at radius 1 is 1.45 bits per heavy atom. The van der Waals surface area contributed by atoms with E-state index in [1.54, 1.807) is 0 Å². The Kier molecular flexibility index (Phi) is 3.99. The maximum Gasteiger partial charge on any atom is 0.224 e. The number of nitrogens with two attached hydrogens (primary N) is 1. The molecule has 0 bridgehead atoms. The van der Waals surface area contributed by atoms with Gasteiger partial charge in [0.05, 0.1) is 5.56 Å². The Bertz CT molecular complexity index is 523. The van der Waals surface area contributed by atoms with Crippen LogP contribution < -0.4 is 10.5 Å². The number of nitrogen functional groups attached to an aromatic ring is 1. The molecule has 0 spiro atoms. The summed E-state index contributed by atoms with van der Waals surface area (Å²) in [5.41, 5.74) is 8.46. The van der Waals surface area contributed by atoms with E-state index >= 15 is 0 Å². The summed E-state index contributed by atoms with van der Waals surface area (Å²) >= 11 is 0. The number of likely N-dealkylation sites (N-methyl/N-ethyl adjacent to an activating group) is 1. The highest BCUT2D eigenvalue weighted by Gasteiger charge is 2.24. The van der Waals surface area contributed by atoms with Crippen molar-refractivity contribution in [1.82, 2.24) is 9.88 Å². The van der Waals surface area contributed by atoms with Crippen LogP contribution in [0.1, 0.15) is 37.1 Å². The summed E-state index contributed by atoms with van der Waals surface area (Å²) < 4.78 is 5.88. The van der Waals surface area contributed by atoms with Crippen molar-refractivity contribution in [2.45, 2.75) is 38.6 Å². The molecule has 5 heteroatoms. The maximum absolute atomic E-state index is 7.71. The highest BCUT2D eigenvalue weighted by Crippen LogP contribution is 2.27. The summed E-state index contributed by atoms with van der Waals surface area (Å²) in [7, 11) is 4.04. The van der Waals surface area contributed by atoms with Crippen molar-refractivity contribution in [3.63, 3.8) is 0 Å². The van der Waals surface area contributed by atoms with E-state index in [4.69, 9.17) is 15.9 Å². The van der Waals surface area contributed by atoms with Gasteiger partial charge in [-0.05, 0) is 58.8 Å². The molecule has 0 amide bonds. The zero-order valence-corrected chi connectivity index (χ0v) is 12.8. The van der Waals surface area contributed by atoms with E-state index in [0.29, 0.717) is 18.1 Å². The summed E-state index contributed by atoms with van der Waals surface area (Å²) in [4.78, 5) is 6.68. The molecule has 1 aliphatic carbocycles. The summed E-state index contributed by atoms with van der Waals surface area (Å²) in [6.07, 6.45) is 3.12. The molecule has 0 saturated carbocycles. The van der Waals surface area contributed by atoms with Crippen LogP contribution in [0.5, 0.6) is 5.88 Å². The maximum atomic E-state index is 7.71. The lowest BCUT2D eigenvalue weighted by Gasteiger charge is -2.32. The van der Waals surface area contributed by atoms with Crippen LogP contribution in [-0.2, 0) is 12.8 Å². The largest absolute Gasteiger partial charge is 0.475 e. The smallest absolute Gasteiger partial charge is 0.224 e. The number of aromatic nitrogens is 1. The van der Waals surface area contributed by atoms with E-state index in [9.17, 15) is 0 Å². The molecule has 0 aromatic carbocycles. The minimum absolute atomic E-state index is 0.0184. The van der Waals surface area contributed by atoms with Gasteiger partial charge in [0.15, 0.2) is 0 Å². The molecule has 1 heterocycles. The van der Waals surface area contributed by atoms with Gasteiger partial charge in [-0.25, -0.2) is 4.98 Å². The minimum Gasteiger partial charge on any atom is -0.475 e. The lowest BCUT2D eigenvalue weighted by Crippen LogP contribution is -2.43. The lowest BCUT2D eigenvalue weighted by molar-refractivity contribution is 0.111. The molecule has 0 fully saturated rings. The number of rotatable bonds is 5. The highest BCUT2D eigenvalue weighted by molar-refractivity contribution is 5.97. The van der Waals surface area contributed by atoms with Gasteiger partial charge in [0.25, 0.3) is 0 Å². The molecule has 110 valence electrons. The third kappa shape index (κ3) is 2.93. The summed E-state index contributed by atoms with van der Waals surface area (Å²) in [6.45, 7) is 4.72. The van der Waals surface area contributed by atoms with Crippen LogP contribution in [-0.4, -0.2) is 42.0 Å². The molecule has 5 nitrogen and oxygen atoms in total. The molecule has 0 aliphatic heterocycles. The fourth-order valence-corrected chi connectivity index (χ4v) is 2.13. The molecule has 1 aromatic heterocycles. The van der Waals surface area contributed by atoms with E-state index in [1.165, 1.54) is 5.56 Å². The molecule has 20 heavy (non-hydrogen) atoms. The Balaban J connectivity index is 2.25. The van der Waals surface area contributed by atoms with Crippen LogP contribution in [0.2, 0.25) is 0 Å². The van der Waals surface area contributed by atoms with Crippen molar-refractivity contribution in [2.75, 3.05) is 20.7 Å². The number of hydrogen-bond acceptors (Lipinski definition) is 4. The first-order valence-electron chi connectivity index (χ1n) is 6.98. The van der Waals surface area contributed by atoms with Crippen LogP contribution >= 0.6 is 0 Å². The van der Waals surface area contributed by atoms with Crippen LogP contribution in [0.25, 0.3) is 0 Å². The molecular weight excluding hydrogens is 252 g/mol. The molecule has 0 atom stereocenters. The summed E-state index contributed by atoms with van der Waals surface area (Å²) in [5.74, 6) is 0.512. The van der Waals surface area contributed by atoms with E-state index in [0.717, 1.165) is 25.0 Å². The predicted molar refractivity (Wildman–Crippen MR) is 80.5 cm³/mol. The zero-order valence-electron chi connectivity index (χ0n) is 12.8. The molecule has 0 unspecified atom stereocenters. The van der Waals surface area contributed by atoms with Crippen LogP contribution in [0.15, 0.2) is 6.07 Å². The van der Waals surface area contributed by atoms with Gasteiger partial charge in [-0.2, -0.15) is 0 Å². The zero-order chi connectivity index (χ0) is 14.9. The third-order valence-corrected chi connectivity index (χ3v) is 4.08. The van der Waals surface area contributed by atoms with E-state index in [-0.39, 0.29) is 11.4 Å². The van der Waals surface area contributed by atoms with Crippen molar-refractivity contribution in [3.8, 4) is 5.88 Å². The second kappa shape index (κ2) is 5.40. The van der Waals surface area contributed by atoms with Gasteiger partial charge in [-0.1, -0.05) is 0 Å². The number of ether oxygens (including phenoxy) is 1. The first kappa shape index (κ1) is 14.8.